The van der Waals surface area contributed by atoms with E-state index < -0.39 is 17.1 Å². The fourth-order valence-corrected chi connectivity index (χ4v) is 5.60. The maximum atomic E-state index is 13.0. The molecule has 34 heavy (non-hydrogen) atoms. The molecule has 3 amide bonds. The van der Waals surface area contributed by atoms with Crippen LogP contribution in [0.25, 0.3) is 6.08 Å². The van der Waals surface area contributed by atoms with Gasteiger partial charge in [-0.1, -0.05) is 24.6 Å². The van der Waals surface area contributed by atoms with E-state index in [1.807, 2.05) is 6.92 Å². The highest BCUT2D eigenvalue weighted by Crippen LogP contribution is 2.44. The molecule has 2 aromatic rings. The Balaban J connectivity index is 1.54. The van der Waals surface area contributed by atoms with Gasteiger partial charge < -0.3 is 10.2 Å². The largest absolute Gasteiger partial charge is 0.369 e. The predicted molar refractivity (Wildman–Crippen MR) is 139 cm³/mol. The van der Waals surface area contributed by atoms with Crippen molar-refractivity contribution in [3.05, 3.63) is 63.0 Å². The Labute approximate surface area is 209 Å². The number of nitrogens with zero attached hydrogens (tertiary/aromatic N) is 2. The summed E-state index contributed by atoms with van der Waals surface area (Å²) in [6.07, 6.45) is 2.79. The Bertz CT molecular complexity index is 1220. The maximum absolute atomic E-state index is 13.0. The SMILES string of the molecule is Cc1cc2c(cc1/C=C1\SC(=O)N(CC(=O)Nc3cccc(Cl)c3)C1=O)C(C)CC(C)(C)N2C. The number of thioether (sulfide) groups is 1. The fraction of sp³-hybridized carbons (Fsp3) is 0.346. The van der Waals surface area contributed by atoms with Crippen LogP contribution in [0, 0.1) is 6.92 Å². The van der Waals surface area contributed by atoms with E-state index in [2.05, 4.69) is 50.2 Å². The van der Waals surface area contributed by atoms with Crippen LogP contribution in [-0.4, -0.2) is 41.1 Å². The van der Waals surface area contributed by atoms with Gasteiger partial charge in [-0.25, -0.2) is 0 Å². The highest BCUT2D eigenvalue weighted by molar-refractivity contribution is 8.18. The Morgan fingerprint density at radius 1 is 1.26 bits per heavy atom. The summed E-state index contributed by atoms with van der Waals surface area (Å²) in [6, 6.07) is 11.0. The standard InChI is InChI=1S/C26H28ClN3O3S/c1-15-9-21-20(16(2)13-26(3,4)29(21)5)10-17(15)11-22-24(32)30(25(33)34-22)14-23(31)28-19-8-6-7-18(27)12-19/h6-12,16H,13-14H2,1-5H3,(H,28,31)/b22-11-. The molecule has 1 atom stereocenters. The lowest BCUT2D eigenvalue weighted by atomic mass is 9.79. The highest BCUT2D eigenvalue weighted by Gasteiger charge is 2.37. The lowest BCUT2D eigenvalue weighted by Crippen LogP contribution is -2.45. The smallest absolute Gasteiger partial charge is 0.294 e. The topological polar surface area (TPSA) is 69.7 Å². The lowest BCUT2D eigenvalue weighted by molar-refractivity contribution is -0.127. The summed E-state index contributed by atoms with van der Waals surface area (Å²) in [6.45, 7) is 8.37. The third kappa shape index (κ3) is 4.72. The summed E-state index contributed by atoms with van der Waals surface area (Å²) < 4.78 is 0. The van der Waals surface area contributed by atoms with Crippen molar-refractivity contribution >= 4 is 57.9 Å². The normalized spacial score (nSPS) is 20.6. The van der Waals surface area contributed by atoms with E-state index >= 15 is 0 Å². The van der Waals surface area contributed by atoms with Gasteiger partial charge in [-0.05, 0) is 98.0 Å². The molecular weight excluding hydrogens is 470 g/mol. The maximum Gasteiger partial charge on any atom is 0.294 e. The molecule has 8 heteroatoms. The molecule has 1 saturated heterocycles. The second-order valence-electron chi connectivity index (χ2n) is 9.57. The van der Waals surface area contributed by atoms with Crippen molar-refractivity contribution in [3.63, 3.8) is 0 Å². The van der Waals surface area contributed by atoms with Gasteiger partial charge in [0.15, 0.2) is 0 Å². The van der Waals surface area contributed by atoms with Crippen molar-refractivity contribution in [2.75, 3.05) is 23.8 Å². The molecule has 0 aliphatic carbocycles. The number of carbonyl (C=O) groups excluding carboxylic acids is 3. The molecule has 4 rings (SSSR count). The molecule has 2 aliphatic rings. The first kappa shape index (κ1) is 24.4. The van der Waals surface area contributed by atoms with Crippen molar-refractivity contribution in [2.45, 2.75) is 45.6 Å². The van der Waals surface area contributed by atoms with E-state index in [0.29, 0.717) is 21.5 Å². The first-order valence-electron chi connectivity index (χ1n) is 11.2. The van der Waals surface area contributed by atoms with E-state index in [-0.39, 0.29) is 12.1 Å². The molecule has 0 spiro atoms. The minimum Gasteiger partial charge on any atom is -0.369 e. The molecular formula is C26H28ClN3O3S. The van der Waals surface area contributed by atoms with E-state index in [0.717, 1.165) is 34.2 Å². The molecule has 0 aromatic heterocycles. The second-order valence-corrected chi connectivity index (χ2v) is 11.0. The Morgan fingerprint density at radius 2 is 2.00 bits per heavy atom. The molecule has 178 valence electrons. The van der Waals surface area contributed by atoms with Gasteiger partial charge in [0.05, 0.1) is 4.91 Å². The number of benzene rings is 2. The van der Waals surface area contributed by atoms with E-state index in [9.17, 15) is 14.4 Å². The van der Waals surface area contributed by atoms with Crippen molar-refractivity contribution in [1.82, 2.24) is 4.90 Å². The van der Waals surface area contributed by atoms with Crippen LogP contribution in [0.2, 0.25) is 5.02 Å². The highest BCUT2D eigenvalue weighted by atomic mass is 35.5. The van der Waals surface area contributed by atoms with Gasteiger partial charge in [-0.15, -0.1) is 0 Å². The van der Waals surface area contributed by atoms with Crippen molar-refractivity contribution < 1.29 is 14.4 Å². The second kappa shape index (κ2) is 9.12. The van der Waals surface area contributed by atoms with Crippen LogP contribution in [0.1, 0.15) is 49.8 Å². The number of aryl methyl sites for hydroxylation is 1. The van der Waals surface area contributed by atoms with E-state index in [1.165, 1.54) is 11.3 Å². The van der Waals surface area contributed by atoms with Crippen molar-refractivity contribution in [1.29, 1.82) is 0 Å². The van der Waals surface area contributed by atoms with Crippen LogP contribution < -0.4 is 10.2 Å². The predicted octanol–water partition coefficient (Wildman–Crippen LogP) is 6.05. The number of fused-ring (bicyclic) bond motifs is 1. The minimum atomic E-state index is -0.463. The third-order valence-electron chi connectivity index (χ3n) is 6.59. The molecule has 1 fully saturated rings. The van der Waals surface area contributed by atoms with Crippen LogP contribution in [0.4, 0.5) is 16.2 Å². The summed E-state index contributed by atoms with van der Waals surface area (Å²) in [5.41, 5.74) is 4.94. The van der Waals surface area contributed by atoms with Crippen molar-refractivity contribution in [3.8, 4) is 0 Å². The molecule has 1 unspecified atom stereocenters. The number of carbonyl (C=O) groups is 3. The third-order valence-corrected chi connectivity index (χ3v) is 7.73. The lowest BCUT2D eigenvalue weighted by Gasteiger charge is -2.45. The Hall–Kier alpha value is -2.77. The Morgan fingerprint density at radius 3 is 2.71 bits per heavy atom. The molecule has 2 aliphatic heterocycles. The van der Waals surface area contributed by atoms with Crippen LogP contribution >= 0.6 is 23.4 Å². The van der Waals surface area contributed by atoms with E-state index in [1.54, 1.807) is 30.3 Å². The molecule has 1 N–H and O–H groups in total. The molecule has 0 saturated carbocycles. The summed E-state index contributed by atoms with van der Waals surface area (Å²) in [7, 11) is 2.11. The minimum absolute atomic E-state index is 0.0642. The average Bonchev–Trinajstić information content (AvgIpc) is 3.00. The number of anilines is 2. The fourth-order valence-electron chi connectivity index (χ4n) is 4.58. The number of amides is 3. The van der Waals surface area contributed by atoms with Gasteiger partial charge in [0.25, 0.3) is 11.1 Å². The summed E-state index contributed by atoms with van der Waals surface area (Å²) in [5.74, 6) is -0.547. The van der Waals surface area contributed by atoms with Gasteiger partial charge >= 0.3 is 0 Å². The molecule has 0 bridgehead atoms. The van der Waals surface area contributed by atoms with Gasteiger partial charge in [0, 0.05) is 29.0 Å². The van der Waals surface area contributed by atoms with Gasteiger partial charge in [0.2, 0.25) is 5.91 Å². The number of hydrogen-bond acceptors (Lipinski definition) is 5. The van der Waals surface area contributed by atoms with Crippen LogP contribution in [0.5, 0.6) is 0 Å². The quantitative estimate of drug-likeness (QED) is 0.521. The van der Waals surface area contributed by atoms with E-state index in [4.69, 9.17) is 11.6 Å². The van der Waals surface area contributed by atoms with Gasteiger partial charge in [-0.2, -0.15) is 0 Å². The number of nitrogens with one attached hydrogen (secondary N) is 1. The zero-order valence-electron chi connectivity index (χ0n) is 19.9. The van der Waals surface area contributed by atoms with Gasteiger partial charge in [-0.3, -0.25) is 19.3 Å². The first-order chi connectivity index (χ1) is 16.0. The van der Waals surface area contributed by atoms with Gasteiger partial charge in [0.1, 0.15) is 6.54 Å². The monoisotopic (exact) mass is 497 g/mol. The number of hydrogen-bond donors (Lipinski definition) is 1. The average molecular weight is 498 g/mol. The first-order valence-corrected chi connectivity index (χ1v) is 12.3. The number of rotatable bonds is 4. The molecule has 2 aromatic carbocycles. The summed E-state index contributed by atoms with van der Waals surface area (Å²) in [5, 5.41) is 2.70. The molecule has 6 nitrogen and oxygen atoms in total. The van der Waals surface area contributed by atoms with Crippen LogP contribution in [0.15, 0.2) is 41.3 Å². The van der Waals surface area contributed by atoms with Crippen LogP contribution in [0.3, 0.4) is 0 Å². The molecule has 0 radical (unpaired) electrons. The van der Waals surface area contributed by atoms with Crippen molar-refractivity contribution in [2.24, 2.45) is 0 Å². The molecule has 2 heterocycles. The number of imide groups is 1. The Kier molecular flexibility index (Phi) is 6.53. The summed E-state index contributed by atoms with van der Waals surface area (Å²) >= 11 is 6.81. The van der Waals surface area contributed by atoms with Crippen LogP contribution in [-0.2, 0) is 9.59 Å². The zero-order valence-corrected chi connectivity index (χ0v) is 21.5. The number of halogens is 1. The summed E-state index contributed by atoms with van der Waals surface area (Å²) in [4.78, 5) is 41.5. The zero-order chi connectivity index (χ0) is 24.8.